The molecule has 138 valence electrons. The van der Waals surface area contributed by atoms with E-state index in [1.54, 1.807) is 17.7 Å². The van der Waals surface area contributed by atoms with Crippen LogP contribution in [0.25, 0.3) is 10.2 Å². The summed E-state index contributed by atoms with van der Waals surface area (Å²) in [7, 11) is 0. The molecule has 1 aliphatic carbocycles. The second-order valence-electron chi connectivity index (χ2n) is 7.21. The molecule has 2 heterocycles. The van der Waals surface area contributed by atoms with Gasteiger partial charge in [-0.15, -0.1) is 0 Å². The summed E-state index contributed by atoms with van der Waals surface area (Å²) < 4.78 is 9.11. The molecule has 0 saturated heterocycles. The number of benzene rings is 1. The van der Waals surface area contributed by atoms with Crippen molar-refractivity contribution < 1.29 is 4.74 Å². The van der Waals surface area contributed by atoms with Gasteiger partial charge in [-0.2, -0.15) is 5.10 Å². The quantitative estimate of drug-likeness (QED) is 0.554. The first-order chi connectivity index (χ1) is 12.8. The van der Waals surface area contributed by atoms with Crippen LogP contribution in [0.1, 0.15) is 57.6 Å². The second kappa shape index (κ2) is 7.74. The van der Waals surface area contributed by atoms with Crippen molar-refractivity contribution in [1.29, 1.82) is 0 Å². The predicted octanol–water partition coefficient (Wildman–Crippen LogP) is 5.09. The minimum absolute atomic E-state index is 0.207. The summed E-state index contributed by atoms with van der Waals surface area (Å²) >= 11 is 1.65. The lowest BCUT2D eigenvalue weighted by Gasteiger charge is -2.25. The topological polar surface area (TPSA) is 52.8 Å². The van der Waals surface area contributed by atoms with Crippen molar-refractivity contribution in [3.05, 3.63) is 36.4 Å². The third-order valence-corrected chi connectivity index (χ3v) is 6.55. The van der Waals surface area contributed by atoms with Crippen LogP contribution in [0.3, 0.4) is 0 Å². The number of hydrogen-bond acceptors (Lipinski definition) is 5. The zero-order valence-electron chi connectivity index (χ0n) is 15.5. The van der Waals surface area contributed by atoms with E-state index in [2.05, 4.69) is 47.1 Å². The molecule has 0 radical (unpaired) electrons. The smallest absolute Gasteiger partial charge is 0.274 e. The van der Waals surface area contributed by atoms with E-state index < -0.39 is 0 Å². The fraction of sp³-hybridized carbons (Fsp3) is 0.550. The Morgan fingerprint density at radius 1 is 1.27 bits per heavy atom. The molecule has 0 aliphatic heterocycles. The van der Waals surface area contributed by atoms with Gasteiger partial charge >= 0.3 is 0 Å². The number of rotatable bonds is 8. The molecule has 5 nitrogen and oxygen atoms in total. The molecule has 2 aromatic heterocycles. The van der Waals surface area contributed by atoms with Crippen molar-refractivity contribution in [1.82, 2.24) is 19.7 Å². The van der Waals surface area contributed by atoms with Crippen LogP contribution in [0.5, 0.6) is 5.19 Å². The van der Waals surface area contributed by atoms with Gasteiger partial charge in [0.15, 0.2) is 0 Å². The summed E-state index contributed by atoms with van der Waals surface area (Å²) in [6.45, 7) is 5.30. The Hall–Kier alpha value is -1.95. The standard InChI is InChI=1S/C20H26N4OS/c1-3-15(4-2)19(24-13-21-12-22-24)16-8-9-17-18(10-16)26-20(23-17)25-11-14-6-5-7-14/h8-10,12-15,19H,3-7,11H2,1-2H3. The molecule has 1 fully saturated rings. The van der Waals surface area contributed by atoms with Gasteiger partial charge < -0.3 is 4.74 Å². The van der Waals surface area contributed by atoms with Crippen LogP contribution in [-0.2, 0) is 0 Å². The summed E-state index contributed by atoms with van der Waals surface area (Å²) in [5.74, 6) is 1.25. The lowest BCUT2D eigenvalue weighted by molar-refractivity contribution is 0.180. The summed E-state index contributed by atoms with van der Waals surface area (Å²) in [4.78, 5) is 8.82. The summed E-state index contributed by atoms with van der Waals surface area (Å²) in [6, 6.07) is 6.76. The Morgan fingerprint density at radius 2 is 2.12 bits per heavy atom. The monoisotopic (exact) mass is 370 g/mol. The number of thiazole rings is 1. The molecule has 3 aromatic rings. The molecule has 0 bridgehead atoms. The van der Waals surface area contributed by atoms with Gasteiger partial charge in [-0.25, -0.2) is 14.6 Å². The maximum absolute atomic E-state index is 5.94. The highest BCUT2D eigenvalue weighted by molar-refractivity contribution is 7.20. The normalized spacial score (nSPS) is 16.1. The summed E-state index contributed by atoms with van der Waals surface area (Å²) in [5.41, 5.74) is 2.29. The second-order valence-corrected chi connectivity index (χ2v) is 8.20. The minimum Gasteiger partial charge on any atom is -0.470 e. The molecule has 1 atom stereocenters. The maximum atomic E-state index is 5.94. The Labute approximate surface area is 158 Å². The van der Waals surface area contributed by atoms with Crippen molar-refractivity contribution in [2.45, 2.75) is 52.0 Å². The van der Waals surface area contributed by atoms with Crippen molar-refractivity contribution >= 4 is 21.6 Å². The van der Waals surface area contributed by atoms with Crippen LogP contribution in [0.15, 0.2) is 30.9 Å². The van der Waals surface area contributed by atoms with Crippen molar-refractivity contribution in [2.24, 2.45) is 11.8 Å². The fourth-order valence-corrected chi connectivity index (χ4v) is 4.62. The van der Waals surface area contributed by atoms with E-state index in [0.29, 0.717) is 5.92 Å². The zero-order valence-corrected chi connectivity index (χ0v) is 16.3. The van der Waals surface area contributed by atoms with Gasteiger partial charge in [0.1, 0.15) is 12.7 Å². The lowest BCUT2D eigenvalue weighted by Crippen LogP contribution is -2.20. The highest BCUT2D eigenvalue weighted by Gasteiger charge is 2.24. The van der Waals surface area contributed by atoms with Gasteiger partial charge in [0.2, 0.25) is 0 Å². The SMILES string of the molecule is CCC(CC)C(c1ccc2nc(OCC3CCC3)sc2c1)n1cncn1. The van der Waals surface area contributed by atoms with Crippen LogP contribution in [0, 0.1) is 11.8 Å². The van der Waals surface area contributed by atoms with Gasteiger partial charge in [0.05, 0.1) is 22.9 Å². The first kappa shape index (κ1) is 17.5. The third-order valence-electron chi connectivity index (χ3n) is 5.62. The third kappa shape index (κ3) is 3.47. The molecule has 1 aliphatic rings. The number of fused-ring (bicyclic) bond motifs is 1. The van der Waals surface area contributed by atoms with Gasteiger partial charge in [-0.1, -0.05) is 50.5 Å². The Balaban J connectivity index is 1.61. The molecular weight excluding hydrogens is 344 g/mol. The van der Waals surface area contributed by atoms with Crippen molar-refractivity contribution in [3.8, 4) is 5.19 Å². The molecule has 0 spiro atoms. The fourth-order valence-electron chi connectivity index (χ4n) is 3.75. The maximum Gasteiger partial charge on any atom is 0.274 e. The van der Waals surface area contributed by atoms with E-state index in [4.69, 9.17) is 4.74 Å². The van der Waals surface area contributed by atoms with Crippen molar-refractivity contribution in [3.63, 3.8) is 0 Å². The average Bonchev–Trinajstić information content (AvgIpc) is 3.27. The highest BCUT2D eigenvalue weighted by atomic mass is 32.1. The van der Waals surface area contributed by atoms with E-state index in [-0.39, 0.29) is 6.04 Å². The van der Waals surface area contributed by atoms with E-state index in [1.807, 2.05) is 11.0 Å². The van der Waals surface area contributed by atoms with Crippen LogP contribution >= 0.6 is 11.3 Å². The predicted molar refractivity (Wildman–Crippen MR) is 105 cm³/mol. The zero-order chi connectivity index (χ0) is 17.9. The van der Waals surface area contributed by atoms with Crippen LogP contribution in [0.4, 0.5) is 0 Å². The Morgan fingerprint density at radius 3 is 2.77 bits per heavy atom. The summed E-state index contributed by atoms with van der Waals surface area (Å²) in [6.07, 6.45) is 9.60. The first-order valence-electron chi connectivity index (χ1n) is 9.65. The highest BCUT2D eigenvalue weighted by Crippen LogP contribution is 2.36. The molecule has 0 amide bonds. The molecular formula is C20H26N4OS. The minimum atomic E-state index is 0.207. The van der Waals surface area contributed by atoms with E-state index >= 15 is 0 Å². The molecule has 0 N–H and O–H groups in total. The molecule has 26 heavy (non-hydrogen) atoms. The lowest BCUT2D eigenvalue weighted by atomic mass is 9.86. The number of nitrogens with zero attached hydrogens (tertiary/aromatic N) is 4. The molecule has 1 aromatic carbocycles. The molecule has 6 heteroatoms. The van der Waals surface area contributed by atoms with Crippen LogP contribution in [0.2, 0.25) is 0 Å². The molecule has 4 rings (SSSR count). The first-order valence-corrected chi connectivity index (χ1v) is 10.5. The number of hydrogen-bond donors (Lipinski definition) is 0. The van der Waals surface area contributed by atoms with Crippen LogP contribution in [-0.4, -0.2) is 26.4 Å². The van der Waals surface area contributed by atoms with E-state index in [1.165, 1.54) is 29.5 Å². The number of aromatic nitrogens is 4. The Kier molecular flexibility index (Phi) is 5.20. The molecule has 1 saturated carbocycles. The number of ether oxygens (including phenoxy) is 1. The van der Waals surface area contributed by atoms with E-state index in [9.17, 15) is 0 Å². The van der Waals surface area contributed by atoms with Gasteiger partial charge in [0.25, 0.3) is 5.19 Å². The Bertz CT molecular complexity index is 837. The largest absolute Gasteiger partial charge is 0.470 e. The molecule has 1 unspecified atom stereocenters. The summed E-state index contributed by atoms with van der Waals surface area (Å²) in [5, 5.41) is 5.22. The van der Waals surface area contributed by atoms with Gasteiger partial charge in [-0.05, 0) is 42.4 Å². The van der Waals surface area contributed by atoms with E-state index in [0.717, 1.165) is 36.1 Å². The van der Waals surface area contributed by atoms with Gasteiger partial charge in [0, 0.05) is 0 Å². The van der Waals surface area contributed by atoms with Gasteiger partial charge in [-0.3, -0.25) is 0 Å². The average molecular weight is 371 g/mol. The van der Waals surface area contributed by atoms with Crippen LogP contribution < -0.4 is 4.74 Å². The van der Waals surface area contributed by atoms with Crippen molar-refractivity contribution in [2.75, 3.05) is 6.61 Å².